The molecule has 1 aliphatic heterocycles. The van der Waals surface area contributed by atoms with Crippen molar-refractivity contribution in [2.45, 2.75) is 13.1 Å². The van der Waals surface area contributed by atoms with Crippen molar-refractivity contribution in [3.05, 3.63) is 83.4 Å². The summed E-state index contributed by atoms with van der Waals surface area (Å²) in [5.41, 5.74) is 1.76. The molecular weight excluding hydrogens is 404 g/mol. The molecule has 1 aliphatic rings. The number of aromatic nitrogens is 3. The Morgan fingerprint density at radius 3 is 2.77 bits per heavy atom. The molecule has 9 heteroatoms. The monoisotopic (exact) mass is 421 g/mol. The van der Waals surface area contributed by atoms with Crippen LogP contribution in [0.5, 0.6) is 0 Å². The SMILES string of the molecule is O=C(Nc1cc(C(=O)N2CCn3cccc3C2)c(F)cc1F)c1cc2ncccc2[nH]1. The van der Waals surface area contributed by atoms with Crippen LogP contribution in [-0.2, 0) is 13.1 Å². The molecule has 0 atom stereocenters. The van der Waals surface area contributed by atoms with Gasteiger partial charge in [0, 0.05) is 37.2 Å². The highest BCUT2D eigenvalue weighted by atomic mass is 19.1. The van der Waals surface area contributed by atoms with Crippen LogP contribution in [0.2, 0.25) is 0 Å². The Morgan fingerprint density at radius 1 is 1.06 bits per heavy atom. The lowest BCUT2D eigenvalue weighted by Gasteiger charge is -2.29. The number of nitrogens with zero attached hydrogens (tertiary/aromatic N) is 3. The molecule has 2 N–H and O–H groups in total. The fourth-order valence-corrected chi connectivity index (χ4v) is 3.73. The smallest absolute Gasteiger partial charge is 0.272 e. The summed E-state index contributed by atoms with van der Waals surface area (Å²) in [5, 5.41) is 2.41. The predicted octanol–water partition coefficient (Wildman–Crippen LogP) is 3.55. The number of aromatic amines is 1. The van der Waals surface area contributed by atoms with Gasteiger partial charge in [-0.25, -0.2) is 8.78 Å². The van der Waals surface area contributed by atoms with Gasteiger partial charge >= 0.3 is 0 Å². The van der Waals surface area contributed by atoms with Crippen molar-refractivity contribution < 1.29 is 18.4 Å². The van der Waals surface area contributed by atoms with Gasteiger partial charge < -0.3 is 19.8 Å². The fraction of sp³-hybridized carbons (Fsp3) is 0.136. The summed E-state index contributed by atoms with van der Waals surface area (Å²) in [6, 6.07) is 10.4. The third kappa shape index (κ3) is 3.43. The molecule has 5 rings (SSSR count). The van der Waals surface area contributed by atoms with E-state index in [1.807, 2.05) is 22.9 Å². The van der Waals surface area contributed by atoms with Gasteiger partial charge in [-0.3, -0.25) is 14.6 Å². The van der Waals surface area contributed by atoms with Gasteiger partial charge in [-0.15, -0.1) is 0 Å². The van der Waals surface area contributed by atoms with Crippen LogP contribution >= 0.6 is 0 Å². The standard InChI is InChI=1S/C22H17F2N5O2/c23-15-10-16(24)18(27-21(30)20-11-19-17(26-20)4-1-5-25-19)9-14(15)22(31)29-8-7-28-6-2-3-13(28)12-29/h1-6,9-11,26H,7-8,12H2,(H,27,30). The Hall–Kier alpha value is -4.01. The molecule has 156 valence electrons. The topological polar surface area (TPSA) is 83.0 Å². The van der Waals surface area contributed by atoms with Crippen LogP contribution in [0.3, 0.4) is 0 Å². The van der Waals surface area contributed by atoms with E-state index in [1.165, 1.54) is 11.0 Å². The Balaban J connectivity index is 1.40. The van der Waals surface area contributed by atoms with E-state index in [2.05, 4.69) is 15.3 Å². The highest BCUT2D eigenvalue weighted by Crippen LogP contribution is 2.24. The molecule has 3 aromatic heterocycles. The third-order valence-corrected chi connectivity index (χ3v) is 5.34. The molecule has 1 aromatic carbocycles. The summed E-state index contributed by atoms with van der Waals surface area (Å²) < 4.78 is 30.8. The first-order chi connectivity index (χ1) is 15.0. The summed E-state index contributed by atoms with van der Waals surface area (Å²) in [6.07, 6.45) is 3.51. The van der Waals surface area contributed by atoms with Crippen molar-refractivity contribution in [2.75, 3.05) is 11.9 Å². The first-order valence-corrected chi connectivity index (χ1v) is 9.67. The van der Waals surface area contributed by atoms with Gasteiger partial charge in [-0.05, 0) is 36.4 Å². The molecule has 0 radical (unpaired) electrons. The van der Waals surface area contributed by atoms with Gasteiger partial charge in [-0.2, -0.15) is 0 Å². The van der Waals surface area contributed by atoms with Crippen LogP contribution in [0.1, 0.15) is 26.5 Å². The molecule has 0 saturated heterocycles. The van der Waals surface area contributed by atoms with Crippen molar-refractivity contribution in [3.8, 4) is 0 Å². The van der Waals surface area contributed by atoms with Gasteiger partial charge in [0.15, 0.2) is 0 Å². The average molecular weight is 421 g/mol. The zero-order valence-electron chi connectivity index (χ0n) is 16.2. The van der Waals surface area contributed by atoms with E-state index in [4.69, 9.17) is 0 Å². The number of fused-ring (bicyclic) bond motifs is 2. The number of pyridine rings is 1. The van der Waals surface area contributed by atoms with E-state index in [9.17, 15) is 18.4 Å². The van der Waals surface area contributed by atoms with Gasteiger partial charge in [0.05, 0.1) is 28.8 Å². The Bertz CT molecular complexity index is 1290. The maximum atomic E-state index is 14.5. The molecule has 0 unspecified atom stereocenters. The van der Waals surface area contributed by atoms with Crippen LogP contribution in [0.15, 0.2) is 54.9 Å². The van der Waals surface area contributed by atoms with E-state index in [0.29, 0.717) is 36.7 Å². The van der Waals surface area contributed by atoms with Crippen molar-refractivity contribution in [3.63, 3.8) is 0 Å². The predicted molar refractivity (Wildman–Crippen MR) is 110 cm³/mol. The largest absolute Gasteiger partial charge is 0.349 e. The van der Waals surface area contributed by atoms with Gasteiger partial charge in [0.25, 0.3) is 11.8 Å². The average Bonchev–Trinajstić information content (AvgIpc) is 3.41. The summed E-state index contributed by atoms with van der Waals surface area (Å²) >= 11 is 0. The maximum absolute atomic E-state index is 14.5. The van der Waals surface area contributed by atoms with Gasteiger partial charge in [-0.1, -0.05) is 0 Å². The number of nitrogens with one attached hydrogen (secondary N) is 2. The molecule has 0 bridgehead atoms. The fourth-order valence-electron chi connectivity index (χ4n) is 3.73. The highest BCUT2D eigenvalue weighted by molar-refractivity contribution is 6.06. The second kappa shape index (κ2) is 7.35. The van der Waals surface area contributed by atoms with E-state index in [0.717, 1.165) is 11.8 Å². The van der Waals surface area contributed by atoms with Crippen LogP contribution in [0, 0.1) is 11.6 Å². The molecule has 7 nitrogen and oxygen atoms in total. The maximum Gasteiger partial charge on any atom is 0.272 e. The lowest BCUT2D eigenvalue weighted by atomic mass is 10.1. The minimum Gasteiger partial charge on any atom is -0.349 e. The number of hydrogen-bond donors (Lipinski definition) is 2. The summed E-state index contributed by atoms with van der Waals surface area (Å²) in [6.45, 7) is 1.32. The number of halogens is 2. The van der Waals surface area contributed by atoms with Crippen LogP contribution in [-0.4, -0.2) is 37.8 Å². The molecule has 4 heterocycles. The van der Waals surface area contributed by atoms with Crippen molar-refractivity contribution >= 4 is 28.5 Å². The quantitative estimate of drug-likeness (QED) is 0.531. The molecule has 0 saturated carbocycles. The summed E-state index contributed by atoms with van der Waals surface area (Å²) in [4.78, 5) is 34.0. The van der Waals surface area contributed by atoms with E-state index >= 15 is 0 Å². The Morgan fingerprint density at radius 2 is 1.94 bits per heavy atom. The molecule has 31 heavy (non-hydrogen) atoms. The minimum absolute atomic E-state index is 0.169. The molecular formula is C22H17F2N5O2. The Kier molecular flexibility index (Phi) is 4.50. The number of carbonyl (C=O) groups is 2. The normalized spacial score (nSPS) is 13.3. The molecule has 0 fully saturated rings. The molecule has 0 spiro atoms. The molecule has 2 amide bonds. The third-order valence-electron chi connectivity index (χ3n) is 5.34. The number of H-pyrrole nitrogens is 1. The number of carbonyl (C=O) groups excluding carboxylic acids is 2. The number of anilines is 1. The second-order valence-electron chi connectivity index (χ2n) is 7.30. The molecule has 0 aliphatic carbocycles. The van der Waals surface area contributed by atoms with Crippen LogP contribution in [0.4, 0.5) is 14.5 Å². The number of benzene rings is 1. The first-order valence-electron chi connectivity index (χ1n) is 9.67. The van der Waals surface area contributed by atoms with E-state index in [1.54, 1.807) is 18.3 Å². The number of hydrogen-bond acceptors (Lipinski definition) is 3. The van der Waals surface area contributed by atoms with Gasteiger partial charge in [0.1, 0.15) is 17.3 Å². The second-order valence-corrected chi connectivity index (χ2v) is 7.30. The van der Waals surface area contributed by atoms with E-state index in [-0.39, 0.29) is 16.9 Å². The summed E-state index contributed by atoms with van der Waals surface area (Å²) in [7, 11) is 0. The minimum atomic E-state index is -0.976. The summed E-state index contributed by atoms with van der Waals surface area (Å²) in [5.74, 6) is -3.13. The zero-order chi connectivity index (χ0) is 21.5. The van der Waals surface area contributed by atoms with Crippen molar-refractivity contribution in [1.29, 1.82) is 0 Å². The van der Waals surface area contributed by atoms with Crippen LogP contribution in [0.25, 0.3) is 11.0 Å². The number of amides is 2. The lowest BCUT2D eigenvalue weighted by molar-refractivity contribution is 0.0706. The van der Waals surface area contributed by atoms with Crippen molar-refractivity contribution in [1.82, 2.24) is 19.4 Å². The van der Waals surface area contributed by atoms with E-state index < -0.39 is 23.4 Å². The first kappa shape index (κ1) is 19.0. The lowest BCUT2D eigenvalue weighted by Crippen LogP contribution is -2.38. The van der Waals surface area contributed by atoms with Crippen molar-refractivity contribution in [2.24, 2.45) is 0 Å². The van der Waals surface area contributed by atoms with Crippen LogP contribution < -0.4 is 5.32 Å². The Labute approximate surface area is 175 Å². The highest BCUT2D eigenvalue weighted by Gasteiger charge is 2.25. The zero-order valence-corrected chi connectivity index (χ0v) is 16.2. The van der Waals surface area contributed by atoms with Gasteiger partial charge in [0.2, 0.25) is 0 Å². The number of rotatable bonds is 3. The molecule has 4 aromatic rings.